The first-order chi connectivity index (χ1) is 12.9. The summed E-state index contributed by atoms with van der Waals surface area (Å²) in [5.74, 6) is 0.922. The average molecular weight is 370 g/mol. The smallest absolute Gasteiger partial charge is 0.237 e. The lowest BCUT2D eigenvalue weighted by Gasteiger charge is -2.27. The number of aromatic nitrogens is 1. The highest BCUT2D eigenvalue weighted by atomic mass is 19.1. The maximum absolute atomic E-state index is 13.1. The molecule has 1 aromatic heterocycles. The van der Waals surface area contributed by atoms with Crippen molar-refractivity contribution in [2.45, 2.75) is 39.5 Å². The highest BCUT2D eigenvalue weighted by molar-refractivity contribution is 5.79. The Bertz CT molecular complexity index is 791. The van der Waals surface area contributed by atoms with E-state index in [0.29, 0.717) is 18.4 Å². The summed E-state index contributed by atoms with van der Waals surface area (Å²) in [6.07, 6.45) is 3.54. The molecule has 4 nitrogen and oxygen atoms in total. The first-order valence-electron chi connectivity index (χ1n) is 9.55. The highest BCUT2D eigenvalue weighted by Crippen LogP contribution is 2.36. The van der Waals surface area contributed by atoms with E-state index in [0.717, 1.165) is 36.2 Å². The number of carbonyl (C=O) groups is 1. The number of hydrogen-bond acceptors (Lipinski definition) is 4. The van der Waals surface area contributed by atoms with Crippen LogP contribution in [0, 0.1) is 17.7 Å². The van der Waals surface area contributed by atoms with Gasteiger partial charge in [-0.3, -0.25) is 4.79 Å². The third-order valence-corrected chi connectivity index (χ3v) is 5.36. The molecule has 0 saturated carbocycles. The van der Waals surface area contributed by atoms with Crippen molar-refractivity contribution < 1.29 is 13.9 Å². The van der Waals surface area contributed by atoms with Gasteiger partial charge >= 0.3 is 0 Å². The van der Waals surface area contributed by atoms with Gasteiger partial charge in [0.15, 0.2) is 0 Å². The number of anilines is 1. The van der Waals surface area contributed by atoms with Crippen molar-refractivity contribution in [1.29, 1.82) is 0 Å². The standard InChI is InChI=1S/C22H27FN2O2/c1-14(10-17-4-6-19(23)7-5-17)11-20(15(2)16(3)26)18-12-21-22(25-13-18)27-9-8-24-21/h4-7,12-15,20,24H,8-11H2,1-3H3. The van der Waals surface area contributed by atoms with Crippen LogP contribution >= 0.6 is 0 Å². The van der Waals surface area contributed by atoms with Crippen LogP contribution in [0.2, 0.25) is 0 Å². The molecule has 144 valence electrons. The zero-order chi connectivity index (χ0) is 19.4. The van der Waals surface area contributed by atoms with Crippen molar-refractivity contribution >= 4 is 11.5 Å². The predicted octanol–water partition coefficient (Wildman–Crippen LogP) is 4.60. The second-order valence-corrected chi connectivity index (χ2v) is 7.57. The van der Waals surface area contributed by atoms with Gasteiger partial charge < -0.3 is 10.1 Å². The van der Waals surface area contributed by atoms with Crippen molar-refractivity contribution in [3.8, 4) is 5.88 Å². The zero-order valence-corrected chi connectivity index (χ0v) is 16.2. The van der Waals surface area contributed by atoms with Gasteiger partial charge in [-0.25, -0.2) is 9.37 Å². The number of rotatable bonds is 7. The molecule has 3 rings (SSSR count). The Kier molecular flexibility index (Phi) is 6.09. The van der Waals surface area contributed by atoms with Crippen LogP contribution in [0.3, 0.4) is 0 Å². The molecule has 0 saturated heterocycles. The maximum atomic E-state index is 13.1. The molecule has 0 spiro atoms. The molecule has 1 aliphatic rings. The largest absolute Gasteiger partial charge is 0.474 e. The van der Waals surface area contributed by atoms with Crippen molar-refractivity contribution in [1.82, 2.24) is 4.98 Å². The van der Waals surface area contributed by atoms with Crippen molar-refractivity contribution in [2.24, 2.45) is 11.8 Å². The molecule has 0 radical (unpaired) electrons. The van der Waals surface area contributed by atoms with Crippen LogP contribution in [-0.4, -0.2) is 23.9 Å². The Morgan fingerprint density at radius 3 is 2.74 bits per heavy atom. The highest BCUT2D eigenvalue weighted by Gasteiger charge is 2.26. The number of halogens is 1. The molecule has 5 heteroatoms. The van der Waals surface area contributed by atoms with Crippen molar-refractivity contribution in [3.05, 3.63) is 53.5 Å². The van der Waals surface area contributed by atoms with Crippen LogP contribution in [-0.2, 0) is 11.2 Å². The van der Waals surface area contributed by atoms with Crippen LogP contribution in [0.5, 0.6) is 5.88 Å². The van der Waals surface area contributed by atoms with Gasteiger partial charge in [0.1, 0.15) is 18.2 Å². The van der Waals surface area contributed by atoms with Crippen molar-refractivity contribution in [2.75, 3.05) is 18.5 Å². The van der Waals surface area contributed by atoms with E-state index < -0.39 is 0 Å². The first-order valence-corrected chi connectivity index (χ1v) is 9.55. The number of fused-ring (bicyclic) bond motifs is 1. The van der Waals surface area contributed by atoms with Crippen LogP contribution in [0.4, 0.5) is 10.1 Å². The third kappa shape index (κ3) is 4.85. The Balaban J connectivity index is 1.78. The van der Waals surface area contributed by atoms with Gasteiger partial charge in [-0.2, -0.15) is 0 Å². The Hall–Kier alpha value is -2.43. The molecule has 3 atom stereocenters. The lowest BCUT2D eigenvalue weighted by atomic mass is 9.78. The predicted molar refractivity (Wildman–Crippen MR) is 105 cm³/mol. The summed E-state index contributed by atoms with van der Waals surface area (Å²) in [5.41, 5.74) is 3.06. The van der Waals surface area contributed by atoms with Crippen LogP contribution in [0.1, 0.15) is 44.2 Å². The van der Waals surface area contributed by atoms with E-state index in [-0.39, 0.29) is 23.4 Å². The van der Waals surface area contributed by atoms with Gasteiger partial charge in [0.25, 0.3) is 0 Å². The molecule has 1 aliphatic heterocycles. The molecule has 1 aromatic carbocycles. The Labute approximate surface area is 160 Å². The summed E-state index contributed by atoms with van der Waals surface area (Å²) in [5, 5.41) is 3.32. The number of hydrogen-bond donors (Lipinski definition) is 1. The first kappa shape index (κ1) is 19.3. The second kappa shape index (κ2) is 8.51. The minimum absolute atomic E-state index is 0.0828. The second-order valence-electron chi connectivity index (χ2n) is 7.57. The van der Waals surface area contributed by atoms with Gasteiger partial charge in [0, 0.05) is 18.7 Å². The lowest BCUT2D eigenvalue weighted by molar-refractivity contribution is -0.121. The van der Waals surface area contributed by atoms with Crippen LogP contribution in [0.15, 0.2) is 36.5 Å². The van der Waals surface area contributed by atoms with E-state index in [1.807, 2.05) is 25.3 Å². The van der Waals surface area contributed by atoms with E-state index in [2.05, 4.69) is 23.3 Å². The lowest BCUT2D eigenvalue weighted by Crippen LogP contribution is -2.22. The summed E-state index contributed by atoms with van der Waals surface area (Å²) in [6.45, 7) is 7.18. The minimum Gasteiger partial charge on any atom is -0.474 e. The number of carbonyl (C=O) groups excluding carboxylic acids is 1. The Morgan fingerprint density at radius 2 is 2.04 bits per heavy atom. The van der Waals surface area contributed by atoms with Gasteiger partial charge in [-0.05, 0) is 60.9 Å². The topological polar surface area (TPSA) is 51.2 Å². The quantitative estimate of drug-likeness (QED) is 0.774. The van der Waals surface area contributed by atoms with E-state index >= 15 is 0 Å². The van der Waals surface area contributed by atoms with Crippen molar-refractivity contribution in [3.63, 3.8) is 0 Å². The number of ketones is 1. The van der Waals surface area contributed by atoms with Crippen LogP contribution in [0.25, 0.3) is 0 Å². The third-order valence-electron chi connectivity index (χ3n) is 5.36. The number of ether oxygens (including phenoxy) is 1. The molecule has 2 aromatic rings. The number of benzene rings is 1. The van der Waals surface area contributed by atoms with Crippen LogP contribution < -0.4 is 10.1 Å². The monoisotopic (exact) mass is 370 g/mol. The summed E-state index contributed by atoms with van der Waals surface area (Å²) >= 11 is 0. The summed E-state index contributed by atoms with van der Waals surface area (Å²) in [4.78, 5) is 16.6. The molecular weight excluding hydrogens is 343 g/mol. The SMILES string of the molecule is CC(=O)C(C)C(CC(C)Cc1ccc(F)cc1)c1cnc2c(c1)NCCO2. The summed E-state index contributed by atoms with van der Waals surface area (Å²) < 4.78 is 18.7. The fourth-order valence-electron chi connectivity index (χ4n) is 3.70. The number of nitrogens with one attached hydrogen (secondary N) is 1. The fraction of sp³-hybridized carbons (Fsp3) is 0.455. The number of pyridine rings is 1. The van der Waals surface area contributed by atoms with Gasteiger partial charge in [-0.15, -0.1) is 0 Å². The molecule has 0 fully saturated rings. The van der Waals surface area contributed by atoms with E-state index in [1.165, 1.54) is 12.1 Å². The molecule has 0 aliphatic carbocycles. The molecular formula is C22H27FN2O2. The number of nitrogens with zero attached hydrogens (tertiary/aromatic N) is 1. The number of Topliss-reactive ketones (excluding diaryl/α,β-unsaturated/α-hetero) is 1. The maximum Gasteiger partial charge on any atom is 0.237 e. The Morgan fingerprint density at radius 1 is 1.30 bits per heavy atom. The van der Waals surface area contributed by atoms with Gasteiger partial charge in [0.05, 0.1) is 5.69 Å². The van der Waals surface area contributed by atoms with E-state index in [1.54, 1.807) is 6.92 Å². The zero-order valence-electron chi connectivity index (χ0n) is 16.2. The normalized spacial score (nSPS) is 16.4. The summed E-state index contributed by atoms with van der Waals surface area (Å²) in [6, 6.07) is 8.72. The molecule has 27 heavy (non-hydrogen) atoms. The molecule has 0 bridgehead atoms. The summed E-state index contributed by atoms with van der Waals surface area (Å²) in [7, 11) is 0. The average Bonchev–Trinajstić information content (AvgIpc) is 2.67. The van der Waals surface area contributed by atoms with Gasteiger partial charge in [0.2, 0.25) is 5.88 Å². The molecule has 3 unspecified atom stereocenters. The molecule has 0 amide bonds. The molecule has 2 heterocycles. The molecule has 1 N–H and O–H groups in total. The van der Waals surface area contributed by atoms with E-state index in [9.17, 15) is 9.18 Å². The fourth-order valence-corrected chi connectivity index (χ4v) is 3.70. The van der Waals surface area contributed by atoms with Gasteiger partial charge in [-0.1, -0.05) is 26.0 Å². The minimum atomic E-state index is -0.218. The van der Waals surface area contributed by atoms with E-state index in [4.69, 9.17) is 4.74 Å².